The Morgan fingerprint density at radius 1 is 0.900 bits per heavy atom. The molecule has 1 N–H and O–H groups in total. The van der Waals surface area contributed by atoms with Gasteiger partial charge in [0.15, 0.2) is 0 Å². The molecule has 0 fully saturated rings. The molecule has 214 valence electrons. The maximum atomic E-state index is 14.0. The highest BCUT2D eigenvalue weighted by Crippen LogP contribution is 2.25. The molecule has 0 aliphatic rings. The molecule has 0 saturated heterocycles. The number of nitrogens with one attached hydrogen (secondary N) is 1. The van der Waals surface area contributed by atoms with Crippen molar-refractivity contribution in [2.24, 2.45) is 5.92 Å². The van der Waals surface area contributed by atoms with Crippen LogP contribution in [0.25, 0.3) is 0 Å². The van der Waals surface area contributed by atoms with E-state index in [1.165, 1.54) is 17.0 Å². The maximum absolute atomic E-state index is 14.0. The van der Waals surface area contributed by atoms with Gasteiger partial charge in [-0.2, -0.15) is 0 Å². The number of carbonyl (C=O) groups excluding carboxylic acids is 2. The molecule has 40 heavy (non-hydrogen) atoms. The van der Waals surface area contributed by atoms with Crippen LogP contribution in [0.5, 0.6) is 5.75 Å². The van der Waals surface area contributed by atoms with E-state index >= 15 is 0 Å². The Morgan fingerprint density at radius 2 is 1.50 bits per heavy atom. The van der Waals surface area contributed by atoms with Crippen molar-refractivity contribution in [3.63, 3.8) is 0 Å². The molecule has 0 unspecified atom stereocenters. The number of sulfonamides is 1. The van der Waals surface area contributed by atoms with Crippen molar-refractivity contribution in [3.05, 3.63) is 89.5 Å². The minimum atomic E-state index is -4.10. The van der Waals surface area contributed by atoms with Crippen LogP contribution in [0, 0.1) is 19.8 Å². The minimum absolute atomic E-state index is 0.0774. The lowest BCUT2D eigenvalue weighted by atomic mass is 10.1. The van der Waals surface area contributed by atoms with Crippen LogP contribution >= 0.6 is 0 Å². The predicted octanol–water partition coefficient (Wildman–Crippen LogP) is 4.70. The molecular weight excluding hydrogens is 526 g/mol. The van der Waals surface area contributed by atoms with E-state index in [0.717, 1.165) is 21.0 Å². The molecular formula is C31H39N3O5S. The summed E-state index contributed by atoms with van der Waals surface area (Å²) in [6, 6.07) is 19.8. The number of carbonyl (C=O) groups is 2. The zero-order valence-corrected chi connectivity index (χ0v) is 24.9. The van der Waals surface area contributed by atoms with Gasteiger partial charge in [0.2, 0.25) is 11.8 Å². The van der Waals surface area contributed by atoms with E-state index in [9.17, 15) is 18.0 Å². The summed E-state index contributed by atoms with van der Waals surface area (Å²) in [4.78, 5) is 28.6. The molecule has 0 spiro atoms. The molecule has 0 aliphatic heterocycles. The van der Waals surface area contributed by atoms with E-state index in [2.05, 4.69) is 5.32 Å². The van der Waals surface area contributed by atoms with Gasteiger partial charge >= 0.3 is 0 Å². The number of hydrogen-bond donors (Lipinski definition) is 1. The van der Waals surface area contributed by atoms with Gasteiger partial charge in [-0.25, -0.2) is 8.42 Å². The zero-order chi connectivity index (χ0) is 29.4. The molecule has 0 radical (unpaired) electrons. The van der Waals surface area contributed by atoms with Gasteiger partial charge in [-0.3, -0.25) is 13.9 Å². The van der Waals surface area contributed by atoms with Crippen LogP contribution in [0.4, 0.5) is 5.69 Å². The van der Waals surface area contributed by atoms with Crippen molar-refractivity contribution in [3.8, 4) is 5.75 Å². The summed E-state index contributed by atoms with van der Waals surface area (Å²) < 4.78 is 34.2. The minimum Gasteiger partial charge on any atom is -0.497 e. The molecule has 0 aromatic heterocycles. The van der Waals surface area contributed by atoms with Crippen LogP contribution in [0.3, 0.4) is 0 Å². The van der Waals surface area contributed by atoms with E-state index in [1.54, 1.807) is 68.6 Å². The fourth-order valence-electron chi connectivity index (χ4n) is 4.08. The number of ether oxygens (including phenoxy) is 1. The number of amides is 2. The van der Waals surface area contributed by atoms with Crippen LogP contribution in [-0.2, 0) is 26.2 Å². The van der Waals surface area contributed by atoms with Gasteiger partial charge in [0, 0.05) is 13.1 Å². The van der Waals surface area contributed by atoms with E-state index in [1.807, 2.05) is 33.8 Å². The third-order valence-corrected chi connectivity index (χ3v) is 8.34. The first kappa shape index (κ1) is 30.7. The highest BCUT2D eigenvalue weighted by molar-refractivity contribution is 7.92. The fraction of sp³-hybridized carbons (Fsp3) is 0.355. The first-order chi connectivity index (χ1) is 18.9. The van der Waals surface area contributed by atoms with Crippen LogP contribution < -0.4 is 14.4 Å². The van der Waals surface area contributed by atoms with E-state index in [4.69, 9.17) is 4.74 Å². The molecule has 1 atom stereocenters. The number of benzene rings is 3. The third kappa shape index (κ3) is 7.85. The van der Waals surface area contributed by atoms with Crippen molar-refractivity contribution in [2.45, 2.75) is 52.1 Å². The van der Waals surface area contributed by atoms with Gasteiger partial charge in [0.25, 0.3) is 10.0 Å². The van der Waals surface area contributed by atoms with Crippen molar-refractivity contribution >= 4 is 27.5 Å². The second-order valence-corrected chi connectivity index (χ2v) is 12.2. The predicted molar refractivity (Wildman–Crippen MR) is 158 cm³/mol. The number of nitrogens with zero attached hydrogens (tertiary/aromatic N) is 2. The van der Waals surface area contributed by atoms with Gasteiger partial charge in [-0.1, -0.05) is 61.4 Å². The standard InChI is InChI=1S/C31H39N3O5S/c1-22(2)19-32-31(36)25(5)33(20-26-8-7-9-28(18-26)39-6)30(35)21-34(27-14-10-23(3)11-15-27)40(37,38)29-16-12-24(4)13-17-29/h7-18,22,25H,19-21H2,1-6H3,(H,32,36)/t25-/m0/s1. The van der Waals surface area contributed by atoms with Gasteiger partial charge in [0.05, 0.1) is 17.7 Å². The van der Waals surface area contributed by atoms with Crippen LogP contribution in [0.2, 0.25) is 0 Å². The Labute approximate surface area is 238 Å². The van der Waals surface area contributed by atoms with Crippen molar-refractivity contribution in [1.82, 2.24) is 10.2 Å². The topological polar surface area (TPSA) is 96.0 Å². The highest BCUT2D eigenvalue weighted by atomic mass is 32.2. The summed E-state index contributed by atoms with van der Waals surface area (Å²) in [6.45, 7) is 9.48. The first-order valence-electron chi connectivity index (χ1n) is 13.3. The smallest absolute Gasteiger partial charge is 0.264 e. The molecule has 8 nitrogen and oxygen atoms in total. The second-order valence-electron chi connectivity index (χ2n) is 10.3. The zero-order valence-electron chi connectivity index (χ0n) is 24.0. The summed E-state index contributed by atoms with van der Waals surface area (Å²) >= 11 is 0. The van der Waals surface area contributed by atoms with Crippen molar-refractivity contribution < 1.29 is 22.7 Å². The lowest BCUT2D eigenvalue weighted by Crippen LogP contribution is -2.51. The van der Waals surface area contributed by atoms with E-state index in [0.29, 0.717) is 18.0 Å². The Bertz CT molecular complexity index is 1400. The monoisotopic (exact) mass is 565 g/mol. The van der Waals surface area contributed by atoms with Crippen LogP contribution in [0.15, 0.2) is 77.7 Å². The average molecular weight is 566 g/mol. The maximum Gasteiger partial charge on any atom is 0.264 e. The molecule has 0 saturated carbocycles. The van der Waals surface area contributed by atoms with E-state index in [-0.39, 0.29) is 23.3 Å². The Hall–Kier alpha value is -3.85. The number of rotatable bonds is 12. The highest BCUT2D eigenvalue weighted by Gasteiger charge is 2.32. The molecule has 3 aromatic rings. The molecule has 0 bridgehead atoms. The average Bonchev–Trinajstić information content (AvgIpc) is 2.93. The van der Waals surface area contributed by atoms with Gasteiger partial charge in [-0.15, -0.1) is 0 Å². The lowest BCUT2D eigenvalue weighted by Gasteiger charge is -2.32. The third-order valence-electron chi connectivity index (χ3n) is 6.55. The van der Waals surface area contributed by atoms with Crippen LogP contribution in [0.1, 0.15) is 37.5 Å². The number of methoxy groups -OCH3 is 1. The molecule has 2 amide bonds. The largest absolute Gasteiger partial charge is 0.497 e. The number of aryl methyl sites for hydroxylation is 2. The Kier molecular flexibility index (Phi) is 10.3. The molecule has 0 aliphatic carbocycles. The number of hydrogen-bond acceptors (Lipinski definition) is 5. The van der Waals surface area contributed by atoms with Gasteiger partial charge in [0.1, 0.15) is 18.3 Å². The van der Waals surface area contributed by atoms with E-state index < -0.39 is 28.5 Å². The van der Waals surface area contributed by atoms with Crippen molar-refractivity contribution in [2.75, 3.05) is 24.5 Å². The second kappa shape index (κ2) is 13.5. The van der Waals surface area contributed by atoms with Gasteiger partial charge < -0.3 is 15.0 Å². The lowest BCUT2D eigenvalue weighted by molar-refractivity contribution is -0.139. The normalized spacial score (nSPS) is 12.1. The number of anilines is 1. The first-order valence-corrected chi connectivity index (χ1v) is 14.7. The van der Waals surface area contributed by atoms with Crippen LogP contribution in [-0.4, -0.2) is 51.4 Å². The Balaban J connectivity index is 2.01. The molecule has 3 rings (SSSR count). The summed E-state index contributed by atoms with van der Waals surface area (Å²) in [5.74, 6) is 0.0277. The van der Waals surface area contributed by atoms with Crippen molar-refractivity contribution in [1.29, 1.82) is 0 Å². The quantitative estimate of drug-likeness (QED) is 0.344. The molecule has 0 heterocycles. The SMILES string of the molecule is COc1cccc(CN(C(=O)CN(c2ccc(C)cc2)S(=O)(=O)c2ccc(C)cc2)[C@@H](C)C(=O)NCC(C)C)c1. The van der Waals surface area contributed by atoms with Gasteiger partial charge in [-0.05, 0) is 68.7 Å². The summed E-state index contributed by atoms with van der Waals surface area (Å²) in [5.41, 5.74) is 2.98. The summed E-state index contributed by atoms with van der Waals surface area (Å²) in [7, 11) is -2.54. The fourth-order valence-corrected chi connectivity index (χ4v) is 5.49. The summed E-state index contributed by atoms with van der Waals surface area (Å²) in [6.07, 6.45) is 0. The molecule has 3 aromatic carbocycles. The molecule has 9 heteroatoms. The Morgan fingerprint density at radius 3 is 2.08 bits per heavy atom. The summed E-state index contributed by atoms with van der Waals surface area (Å²) in [5, 5.41) is 2.89.